The molecule has 0 saturated carbocycles. The SMILES string of the molecule is Cc1cc(NS(=O)(=O)c2cccc(F)c2)ccc1-c1ccc2[nH]nc(N)c2n1. The van der Waals surface area contributed by atoms with E-state index in [1.807, 2.05) is 19.1 Å². The molecule has 2 heterocycles. The van der Waals surface area contributed by atoms with Gasteiger partial charge in [0, 0.05) is 11.3 Å². The third-order valence-corrected chi connectivity index (χ3v) is 5.67. The van der Waals surface area contributed by atoms with E-state index in [2.05, 4.69) is 19.9 Å². The Bertz CT molecular complexity index is 1300. The second kappa shape index (κ2) is 6.61. The molecule has 0 aliphatic carbocycles. The van der Waals surface area contributed by atoms with E-state index in [0.717, 1.165) is 22.7 Å². The van der Waals surface area contributed by atoms with Gasteiger partial charge in [-0.15, -0.1) is 0 Å². The van der Waals surface area contributed by atoms with E-state index in [1.54, 1.807) is 18.2 Å². The van der Waals surface area contributed by atoms with Gasteiger partial charge in [-0.1, -0.05) is 12.1 Å². The molecule has 0 fully saturated rings. The van der Waals surface area contributed by atoms with Crippen LogP contribution in [0.2, 0.25) is 0 Å². The van der Waals surface area contributed by atoms with Crippen LogP contribution in [0, 0.1) is 12.7 Å². The molecule has 0 aliphatic heterocycles. The average Bonchev–Trinajstić information content (AvgIpc) is 3.02. The first kappa shape index (κ1) is 17.9. The number of anilines is 2. The minimum Gasteiger partial charge on any atom is -0.380 e. The summed E-state index contributed by atoms with van der Waals surface area (Å²) in [7, 11) is -3.89. The smallest absolute Gasteiger partial charge is 0.261 e. The molecule has 7 nitrogen and oxygen atoms in total. The fraction of sp³-hybridized carbons (Fsp3) is 0.0526. The number of H-pyrrole nitrogens is 1. The summed E-state index contributed by atoms with van der Waals surface area (Å²) in [5, 5.41) is 6.72. The van der Waals surface area contributed by atoms with Crippen molar-refractivity contribution in [3.05, 3.63) is 66.0 Å². The second-order valence-corrected chi connectivity index (χ2v) is 7.98. The van der Waals surface area contributed by atoms with E-state index in [1.165, 1.54) is 18.2 Å². The van der Waals surface area contributed by atoms with E-state index >= 15 is 0 Å². The maximum Gasteiger partial charge on any atom is 0.261 e. The highest BCUT2D eigenvalue weighted by atomic mass is 32.2. The summed E-state index contributed by atoms with van der Waals surface area (Å²) in [6.07, 6.45) is 0. The van der Waals surface area contributed by atoms with E-state index < -0.39 is 15.8 Å². The number of fused-ring (bicyclic) bond motifs is 1. The minimum absolute atomic E-state index is 0.142. The minimum atomic E-state index is -3.89. The summed E-state index contributed by atoms with van der Waals surface area (Å²) < 4.78 is 40.7. The van der Waals surface area contributed by atoms with Crippen molar-refractivity contribution in [1.82, 2.24) is 15.2 Å². The Hall–Kier alpha value is -3.46. The van der Waals surface area contributed by atoms with Gasteiger partial charge >= 0.3 is 0 Å². The largest absolute Gasteiger partial charge is 0.380 e. The number of nitrogens with one attached hydrogen (secondary N) is 2. The van der Waals surface area contributed by atoms with Crippen LogP contribution in [0.5, 0.6) is 0 Å². The van der Waals surface area contributed by atoms with Gasteiger partial charge < -0.3 is 5.73 Å². The highest BCUT2D eigenvalue weighted by Crippen LogP contribution is 2.28. The predicted molar refractivity (Wildman–Crippen MR) is 106 cm³/mol. The zero-order valence-corrected chi connectivity index (χ0v) is 15.6. The van der Waals surface area contributed by atoms with Crippen LogP contribution in [0.25, 0.3) is 22.3 Å². The highest BCUT2D eigenvalue weighted by Gasteiger charge is 2.16. The Labute approximate surface area is 160 Å². The lowest BCUT2D eigenvalue weighted by atomic mass is 10.0. The Balaban J connectivity index is 1.66. The first-order chi connectivity index (χ1) is 13.3. The number of pyridine rings is 1. The number of rotatable bonds is 4. The first-order valence-electron chi connectivity index (χ1n) is 8.33. The Kier molecular flexibility index (Phi) is 4.23. The Morgan fingerprint density at radius 1 is 1.11 bits per heavy atom. The van der Waals surface area contributed by atoms with Crippen molar-refractivity contribution in [3.63, 3.8) is 0 Å². The van der Waals surface area contributed by atoms with Crippen LogP contribution >= 0.6 is 0 Å². The number of benzene rings is 2. The number of aromatic nitrogens is 3. The van der Waals surface area contributed by atoms with Gasteiger partial charge in [0.2, 0.25) is 0 Å². The first-order valence-corrected chi connectivity index (χ1v) is 9.82. The lowest BCUT2D eigenvalue weighted by molar-refractivity contribution is 0.595. The van der Waals surface area contributed by atoms with Crippen LogP contribution in [0.1, 0.15) is 5.56 Å². The van der Waals surface area contributed by atoms with Crippen LogP contribution in [-0.2, 0) is 10.0 Å². The molecular weight excluding hydrogens is 381 g/mol. The van der Waals surface area contributed by atoms with Crippen molar-refractivity contribution in [3.8, 4) is 11.3 Å². The predicted octanol–water partition coefficient (Wildman–Crippen LogP) is 3.46. The van der Waals surface area contributed by atoms with E-state index in [0.29, 0.717) is 22.7 Å². The van der Waals surface area contributed by atoms with Crippen LogP contribution < -0.4 is 10.5 Å². The molecule has 0 amide bonds. The Morgan fingerprint density at radius 3 is 2.68 bits per heavy atom. The van der Waals surface area contributed by atoms with Crippen LogP contribution in [-0.4, -0.2) is 23.6 Å². The maximum atomic E-state index is 13.3. The zero-order valence-electron chi connectivity index (χ0n) is 14.8. The number of aromatic amines is 1. The lowest BCUT2D eigenvalue weighted by Crippen LogP contribution is -2.13. The molecule has 142 valence electrons. The van der Waals surface area contributed by atoms with Crippen LogP contribution in [0.15, 0.2) is 59.5 Å². The molecule has 4 rings (SSSR count). The van der Waals surface area contributed by atoms with E-state index in [-0.39, 0.29) is 4.90 Å². The fourth-order valence-electron chi connectivity index (χ4n) is 2.93. The van der Waals surface area contributed by atoms with Gasteiger partial charge in [0.15, 0.2) is 5.82 Å². The number of nitrogen functional groups attached to an aromatic ring is 1. The molecule has 0 bridgehead atoms. The van der Waals surface area contributed by atoms with Crippen molar-refractivity contribution in [2.45, 2.75) is 11.8 Å². The molecule has 2 aromatic heterocycles. The van der Waals surface area contributed by atoms with Gasteiger partial charge in [-0.05, 0) is 55.0 Å². The third kappa shape index (κ3) is 3.27. The lowest BCUT2D eigenvalue weighted by Gasteiger charge is -2.11. The maximum absolute atomic E-state index is 13.3. The topological polar surface area (TPSA) is 114 Å². The summed E-state index contributed by atoms with van der Waals surface area (Å²) in [5.41, 5.74) is 9.83. The molecule has 0 atom stereocenters. The summed E-state index contributed by atoms with van der Waals surface area (Å²) in [6, 6.07) is 13.6. The molecule has 0 radical (unpaired) electrons. The number of halogens is 1. The van der Waals surface area contributed by atoms with Crippen molar-refractivity contribution >= 4 is 32.6 Å². The van der Waals surface area contributed by atoms with Gasteiger partial charge in [0.1, 0.15) is 11.3 Å². The van der Waals surface area contributed by atoms with Crippen molar-refractivity contribution in [2.75, 3.05) is 10.5 Å². The standard InChI is InChI=1S/C19H16FN5O2S/c1-11-9-13(25-28(26,27)14-4-2-3-12(20)10-14)5-6-15(11)16-7-8-17-18(22-16)19(21)24-23-17/h2-10,25H,1H3,(H3,21,23,24). The van der Waals surface area contributed by atoms with E-state index in [9.17, 15) is 12.8 Å². The number of nitrogens with two attached hydrogens (primary N) is 1. The molecule has 28 heavy (non-hydrogen) atoms. The number of sulfonamides is 1. The average molecular weight is 397 g/mol. The van der Waals surface area contributed by atoms with E-state index in [4.69, 9.17) is 5.73 Å². The Morgan fingerprint density at radius 2 is 1.93 bits per heavy atom. The summed E-state index contributed by atoms with van der Waals surface area (Å²) in [4.78, 5) is 4.39. The van der Waals surface area contributed by atoms with Gasteiger partial charge in [-0.2, -0.15) is 5.10 Å². The molecule has 0 unspecified atom stereocenters. The highest BCUT2D eigenvalue weighted by molar-refractivity contribution is 7.92. The fourth-order valence-corrected chi connectivity index (χ4v) is 4.01. The van der Waals surface area contributed by atoms with Crippen molar-refractivity contribution in [1.29, 1.82) is 0 Å². The van der Waals surface area contributed by atoms with Crippen molar-refractivity contribution in [2.24, 2.45) is 0 Å². The van der Waals surface area contributed by atoms with Crippen LogP contribution in [0.4, 0.5) is 15.9 Å². The van der Waals surface area contributed by atoms with Gasteiger partial charge in [-0.3, -0.25) is 9.82 Å². The summed E-state index contributed by atoms with van der Waals surface area (Å²) in [5.74, 6) is -0.302. The molecule has 0 aliphatic rings. The molecule has 9 heteroatoms. The molecule has 4 N–H and O–H groups in total. The number of aryl methyl sites for hydroxylation is 1. The molecule has 0 saturated heterocycles. The zero-order chi connectivity index (χ0) is 19.9. The number of hydrogen-bond donors (Lipinski definition) is 3. The quantitative estimate of drug-likeness (QED) is 0.488. The third-order valence-electron chi connectivity index (χ3n) is 4.30. The number of hydrogen-bond acceptors (Lipinski definition) is 5. The monoisotopic (exact) mass is 397 g/mol. The van der Waals surface area contributed by atoms with Gasteiger partial charge in [0.25, 0.3) is 10.0 Å². The summed E-state index contributed by atoms with van der Waals surface area (Å²) in [6.45, 7) is 1.85. The normalized spacial score (nSPS) is 11.6. The second-order valence-electron chi connectivity index (χ2n) is 6.29. The molecule has 2 aromatic carbocycles. The molecule has 4 aromatic rings. The number of nitrogens with zero attached hydrogens (tertiary/aromatic N) is 2. The van der Waals surface area contributed by atoms with Crippen LogP contribution in [0.3, 0.4) is 0 Å². The summed E-state index contributed by atoms with van der Waals surface area (Å²) >= 11 is 0. The molecular formula is C19H16FN5O2S. The van der Waals surface area contributed by atoms with Gasteiger partial charge in [-0.25, -0.2) is 17.8 Å². The van der Waals surface area contributed by atoms with Crippen molar-refractivity contribution < 1.29 is 12.8 Å². The molecule has 0 spiro atoms. The van der Waals surface area contributed by atoms with Gasteiger partial charge in [0.05, 0.1) is 16.1 Å².